The summed E-state index contributed by atoms with van der Waals surface area (Å²) in [5.41, 5.74) is 0.855. The molecule has 2 rings (SSSR count). The first-order chi connectivity index (χ1) is 10.2. The monoisotopic (exact) mass is 289 g/mol. The van der Waals surface area contributed by atoms with Gasteiger partial charge in [0, 0.05) is 13.6 Å². The maximum atomic E-state index is 11.9. The van der Waals surface area contributed by atoms with Crippen molar-refractivity contribution in [3.8, 4) is 0 Å². The molecule has 0 bridgehead atoms. The van der Waals surface area contributed by atoms with E-state index in [0.717, 1.165) is 5.56 Å². The van der Waals surface area contributed by atoms with Crippen LogP contribution in [0.3, 0.4) is 0 Å². The van der Waals surface area contributed by atoms with Crippen LogP contribution in [0.2, 0.25) is 0 Å². The smallest absolute Gasteiger partial charge is 0.317 e. The Morgan fingerprint density at radius 3 is 2.86 bits per heavy atom. The van der Waals surface area contributed by atoms with Crippen LogP contribution in [0, 0.1) is 0 Å². The molecule has 0 radical (unpaired) electrons. The van der Waals surface area contributed by atoms with Crippen LogP contribution < -0.4 is 5.32 Å². The van der Waals surface area contributed by atoms with Gasteiger partial charge < -0.3 is 15.3 Å². The third-order valence-electron chi connectivity index (χ3n) is 3.14. The summed E-state index contributed by atoms with van der Waals surface area (Å²) < 4.78 is 0. The van der Waals surface area contributed by atoms with Crippen molar-refractivity contribution in [3.63, 3.8) is 0 Å². The SMILES string of the molecule is CN(CC[C@@H](O)c1ccccc1)C(=O)NCc1ncn[nH]1. The third kappa shape index (κ3) is 4.57. The number of carbonyl (C=O) groups excluding carboxylic acids is 1. The average molecular weight is 289 g/mol. The molecule has 1 aromatic carbocycles. The van der Waals surface area contributed by atoms with Crippen molar-refractivity contribution in [2.45, 2.75) is 19.1 Å². The molecule has 0 aliphatic heterocycles. The van der Waals surface area contributed by atoms with E-state index in [0.29, 0.717) is 25.3 Å². The van der Waals surface area contributed by atoms with Crippen molar-refractivity contribution < 1.29 is 9.90 Å². The molecule has 7 heteroatoms. The van der Waals surface area contributed by atoms with E-state index >= 15 is 0 Å². The number of hydrogen-bond acceptors (Lipinski definition) is 4. The van der Waals surface area contributed by atoms with Crippen LogP contribution in [0.25, 0.3) is 0 Å². The molecule has 1 aromatic heterocycles. The van der Waals surface area contributed by atoms with Crippen molar-refractivity contribution in [3.05, 3.63) is 48.0 Å². The highest BCUT2D eigenvalue weighted by Crippen LogP contribution is 2.15. The Morgan fingerprint density at radius 2 is 2.19 bits per heavy atom. The average Bonchev–Trinajstić information content (AvgIpc) is 3.04. The Morgan fingerprint density at radius 1 is 1.43 bits per heavy atom. The summed E-state index contributed by atoms with van der Waals surface area (Å²) in [5, 5.41) is 19.1. The summed E-state index contributed by atoms with van der Waals surface area (Å²) in [6.07, 6.45) is 1.30. The molecule has 0 unspecified atom stereocenters. The lowest BCUT2D eigenvalue weighted by atomic mass is 10.1. The number of benzene rings is 1. The van der Waals surface area contributed by atoms with Gasteiger partial charge in [-0.3, -0.25) is 5.10 Å². The lowest BCUT2D eigenvalue weighted by molar-refractivity contribution is 0.150. The number of aliphatic hydroxyl groups excluding tert-OH is 1. The molecule has 3 N–H and O–H groups in total. The summed E-state index contributed by atoms with van der Waals surface area (Å²) in [6.45, 7) is 0.753. The van der Waals surface area contributed by atoms with Gasteiger partial charge in [-0.2, -0.15) is 5.10 Å². The molecule has 0 saturated heterocycles. The predicted octanol–water partition coefficient (Wildman–Crippen LogP) is 1.07. The number of hydrogen-bond donors (Lipinski definition) is 3. The van der Waals surface area contributed by atoms with Crippen LogP contribution in [0.4, 0.5) is 4.79 Å². The van der Waals surface area contributed by atoms with E-state index in [4.69, 9.17) is 0 Å². The summed E-state index contributed by atoms with van der Waals surface area (Å²) in [5.74, 6) is 0.598. The van der Waals surface area contributed by atoms with E-state index in [1.165, 1.54) is 11.2 Å². The van der Waals surface area contributed by atoms with Crippen LogP contribution in [0.15, 0.2) is 36.7 Å². The Labute approximate surface area is 123 Å². The Hall–Kier alpha value is -2.41. The molecule has 112 valence electrons. The number of amides is 2. The molecule has 0 spiro atoms. The third-order valence-corrected chi connectivity index (χ3v) is 3.14. The number of nitrogens with zero attached hydrogens (tertiary/aromatic N) is 3. The number of nitrogens with one attached hydrogen (secondary N) is 2. The summed E-state index contributed by atoms with van der Waals surface area (Å²) in [6, 6.07) is 9.19. The standard InChI is InChI=1S/C14H19N5O2/c1-19(14(21)15-9-13-16-10-17-18-13)8-7-12(20)11-5-3-2-4-6-11/h2-6,10,12,20H,7-9H2,1H3,(H,15,21)(H,16,17,18)/t12-/m1/s1. The lowest BCUT2D eigenvalue weighted by Gasteiger charge is -2.19. The quantitative estimate of drug-likeness (QED) is 0.741. The highest BCUT2D eigenvalue weighted by Gasteiger charge is 2.12. The van der Waals surface area contributed by atoms with Crippen LogP contribution in [0.5, 0.6) is 0 Å². The molecular formula is C14H19N5O2. The number of aromatic amines is 1. The van der Waals surface area contributed by atoms with Crippen LogP contribution in [-0.4, -0.2) is 44.8 Å². The minimum atomic E-state index is -0.573. The van der Waals surface area contributed by atoms with Gasteiger partial charge in [-0.15, -0.1) is 0 Å². The normalized spacial score (nSPS) is 11.9. The minimum Gasteiger partial charge on any atom is -0.388 e. The molecule has 1 heterocycles. The Balaban J connectivity index is 1.73. The van der Waals surface area contributed by atoms with Gasteiger partial charge in [-0.25, -0.2) is 9.78 Å². The Bertz CT molecular complexity index is 544. The van der Waals surface area contributed by atoms with E-state index in [2.05, 4.69) is 20.5 Å². The van der Waals surface area contributed by atoms with Gasteiger partial charge in [0.15, 0.2) is 0 Å². The van der Waals surface area contributed by atoms with Gasteiger partial charge in [0.2, 0.25) is 0 Å². The zero-order valence-electron chi connectivity index (χ0n) is 11.9. The molecule has 2 aromatic rings. The first-order valence-electron chi connectivity index (χ1n) is 6.73. The maximum absolute atomic E-state index is 11.9. The minimum absolute atomic E-state index is 0.216. The van der Waals surface area contributed by atoms with E-state index < -0.39 is 6.10 Å². The zero-order chi connectivity index (χ0) is 15.1. The van der Waals surface area contributed by atoms with Crippen LogP contribution >= 0.6 is 0 Å². The van der Waals surface area contributed by atoms with Crippen molar-refractivity contribution in [1.82, 2.24) is 25.4 Å². The summed E-state index contributed by atoms with van der Waals surface area (Å²) in [7, 11) is 1.69. The van der Waals surface area contributed by atoms with Crippen LogP contribution in [-0.2, 0) is 6.54 Å². The van der Waals surface area contributed by atoms with Gasteiger partial charge in [0.05, 0.1) is 12.6 Å². The fraction of sp³-hybridized carbons (Fsp3) is 0.357. The number of urea groups is 1. The molecular weight excluding hydrogens is 270 g/mol. The molecule has 0 fully saturated rings. The van der Waals surface area contributed by atoms with Crippen molar-refractivity contribution >= 4 is 6.03 Å². The zero-order valence-corrected chi connectivity index (χ0v) is 11.9. The van der Waals surface area contributed by atoms with Crippen molar-refractivity contribution in [1.29, 1.82) is 0 Å². The number of carbonyl (C=O) groups is 1. The fourth-order valence-electron chi connectivity index (χ4n) is 1.87. The molecule has 2 amide bonds. The van der Waals surface area contributed by atoms with Crippen LogP contribution in [0.1, 0.15) is 23.9 Å². The second-order valence-electron chi connectivity index (χ2n) is 4.73. The lowest BCUT2D eigenvalue weighted by Crippen LogP contribution is -2.38. The fourth-order valence-corrected chi connectivity index (χ4v) is 1.87. The van der Waals surface area contributed by atoms with E-state index in [1.807, 2.05) is 30.3 Å². The molecule has 0 aliphatic rings. The van der Waals surface area contributed by atoms with Crippen molar-refractivity contribution in [2.24, 2.45) is 0 Å². The summed E-state index contributed by atoms with van der Waals surface area (Å²) in [4.78, 5) is 17.3. The molecule has 21 heavy (non-hydrogen) atoms. The van der Waals surface area contributed by atoms with Gasteiger partial charge in [-0.1, -0.05) is 30.3 Å². The second-order valence-corrected chi connectivity index (χ2v) is 4.73. The van der Waals surface area contributed by atoms with Gasteiger partial charge >= 0.3 is 6.03 Å². The van der Waals surface area contributed by atoms with Crippen molar-refractivity contribution in [2.75, 3.05) is 13.6 Å². The molecule has 0 aliphatic carbocycles. The topological polar surface area (TPSA) is 94.1 Å². The molecule has 0 saturated carbocycles. The summed E-state index contributed by atoms with van der Waals surface area (Å²) >= 11 is 0. The highest BCUT2D eigenvalue weighted by atomic mass is 16.3. The van der Waals surface area contributed by atoms with Gasteiger partial charge in [0.1, 0.15) is 12.2 Å². The first kappa shape index (κ1) is 15.0. The van der Waals surface area contributed by atoms with Gasteiger partial charge in [0.25, 0.3) is 0 Å². The number of rotatable bonds is 6. The maximum Gasteiger partial charge on any atom is 0.317 e. The first-order valence-corrected chi connectivity index (χ1v) is 6.73. The predicted molar refractivity (Wildman–Crippen MR) is 77.3 cm³/mol. The largest absolute Gasteiger partial charge is 0.388 e. The van der Waals surface area contributed by atoms with E-state index in [-0.39, 0.29) is 6.03 Å². The second kappa shape index (κ2) is 7.39. The van der Waals surface area contributed by atoms with E-state index in [1.54, 1.807) is 7.05 Å². The van der Waals surface area contributed by atoms with Gasteiger partial charge in [-0.05, 0) is 12.0 Å². The molecule has 7 nitrogen and oxygen atoms in total. The highest BCUT2D eigenvalue weighted by molar-refractivity contribution is 5.73. The molecule has 1 atom stereocenters. The number of aromatic nitrogens is 3. The number of H-pyrrole nitrogens is 1. The number of aliphatic hydroxyl groups is 1. The van der Waals surface area contributed by atoms with E-state index in [9.17, 15) is 9.90 Å². The Kier molecular flexibility index (Phi) is 5.28.